The van der Waals surface area contributed by atoms with Gasteiger partial charge in [0.25, 0.3) is 0 Å². The number of hydroxylamine groups is 1. The van der Waals surface area contributed by atoms with E-state index >= 15 is 0 Å². The lowest BCUT2D eigenvalue weighted by Gasteiger charge is -2.29. The van der Waals surface area contributed by atoms with Crippen LogP contribution in [0, 0.1) is 0 Å². The summed E-state index contributed by atoms with van der Waals surface area (Å²) in [5, 5.41) is 3.00. The van der Waals surface area contributed by atoms with E-state index in [9.17, 15) is 18.0 Å². The first-order chi connectivity index (χ1) is 11.7. The van der Waals surface area contributed by atoms with Crippen molar-refractivity contribution in [1.82, 2.24) is 5.32 Å². The molecule has 0 fully saturated rings. The number of allylic oxidation sites excluding steroid dienone is 3. The summed E-state index contributed by atoms with van der Waals surface area (Å²) >= 11 is 0. The number of benzene rings is 1. The fourth-order valence-electron chi connectivity index (χ4n) is 3.00. The van der Waals surface area contributed by atoms with E-state index in [1.54, 1.807) is 13.8 Å². The number of halogens is 3. The molecule has 0 aromatic heterocycles. The Kier molecular flexibility index (Phi) is 5.54. The van der Waals surface area contributed by atoms with E-state index in [2.05, 4.69) is 5.32 Å². The molecule has 8 heteroatoms. The van der Waals surface area contributed by atoms with Gasteiger partial charge < -0.3 is 10.1 Å². The van der Waals surface area contributed by atoms with Gasteiger partial charge in [0.1, 0.15) is 0 Å². The van der Waals surface area contributed by atoms with Crippen LogP contribution in [-0.2, 0) is 20.5 Å². The highest BCUT2D eigenvalue weighted by Gasteiger charge is 2.42. The largest absolute Gasteiger partial charge is 0.466 e. The number of carbonyl (C=O) groups is 1. The molecule has 0 bridgehead atoms. The molecule has 25 heavy (non-hydrogen) atoms. The summed E-state index contributed by atoms with van der Waals surface area (Å²) in [7, 11) is 2.59. The van der Waals surface area contributed by atoms with E-state index in [1.165, 1.54) is 37.9 Å². The van der Waals surface area contributed by atoms with Gasteiger partial charge in [-0.05, 0) is 25.5 Å². The molecule has 0 radical (unpaired) electrons. The van der Waals surface area contributed by atoms with Crippen LogP contribution in [0.25, 0.3) is 0 Å². The molecular formula is C17H20F3N2O3+. The maximum absolute atomic E-state index is 13.5. The molecule has 0 saturated heterocycles. The Morgan fingerprint density at radius 2 is 1.80 bits per heavy atom. The van der Waals surface area contributed by atoms with Gasteiger partial charge in [0.2, 0.25) is 0 Å². The van der Waals surface area contributed by atoms with Crippen LogP contribution in [0.1, 0.15) is 30.9 Å². The van der Waals surface area contributed by atoms with Crippen molar-refractivity contribution in [3.05, 3.63) is 58.1 Å². The molecule has 0 aliphatic carbocycles. The molecule has 1 aromatic carbocycles. The average molecular weight is 357 g/mol. The highest BCUT2D eigenvalue weighted by atomic mass is 19.4. The highest BCUT2D eigenvalue weighted by Crippen LogP contribution is 2.42. The third-order valence-electron chi connectivity index (χ3n) is 4.04. The lowest BCUT2D eigenvalue weighted by atomic mass is 9.82. The average Bonchev–Trinajstić information content (AvgIpc) is 2.55. The molecule has 1 atom stereocenters. The molecule has 3 N–H and O–H groups in total. The van der Waals surface area contributed by atoms with Crippen LogP contribution in [0.4, 0.5) is 13.2 Å². The topological polar surface area (TPSA) is 64.2 Å². The maximum Gasteiger partial charge on any atom is 0.416 e. The monoisotopic (exact) mass is 357 g/mol. The second-order valence-corrected chi connectivity index (χ2v) is 5.61. The molecular weight excluding hydrogens is 337 g/mol. The number of quaternary nitrogens is 1. The number of methoxy groups -OCH3 is 1. The van der Waals surface area contributed by atoms with Crippen LogP contribution >= 0.6 is 0 Å². The first-order valence-electron chi connectivity index (χ1n) is 7.51. The summed E-state index contributed by atoms with van der Waals surface area (Å²) < 4.78 is 45.3. The molecule has 0 unspecified atom stereocenters. The number of rotatable bonds is 4. The molecule has 1 heterocycles. The Morgan fingerprint density at radius 1 is 1.16 bits per heavy atom. The van der Waals surface area contributed by atoms with Gasteiger partial charge >= 0.3 is 12.1 Å². The van der Waals surface area contributed by atoms with Crippen molar-refractivity contribution in [3.63, 3.8) is 0 Å². The zero-order valence-corrected chi connectivity index (χ0v) is 14.3. The third kappa shape index (κ3) is 3.69. The molecule has 5 nitrogen and oxygen atoms in total. The van der Waals surface area contributed by atoms with Crippen LogP contribution < -0.4 is 10.8 Å². The predicted molar refractivity (Wildman–Crippen MR) is 83.7 cm³/mol. The number of carbonyl (C=O) groups excluding carboxylic acids is 1. The van der Waals surface area contributed by atoms with Crippen LogP contribution in [-0.4, -0.2) is 20.2 Å². The van der Waals surface area contributed by atoms with Gasteiger partial charge in [0, 0.05) is 5.70 Å². The third-order valence-corrected chi connectivity index (χ3v) is 4.04. The SMILES string of the molecule is CO[NH2+]C1=C(C)NC(C)=C(C(=O)OC)[C@@H]1c1ccccc1C(F)(F)F. The maximum atomic E-state index is 13.5. The van der Waals surface area contributed by atoms with Crippen molar-refractivity contribution >= 4 is 5.97 Å². The predicted octanol–water partition coefficient (Wildman–Crippen LogP) is 2.20. The fourth-order valence-corrected chi connectivity index (χ4v) is 3.00. The van der Waals surface area contributed by atoms with E-state index in [4.69, 9.17) is 9.57 Å². The standard InChI is InChI=1S/C17H19F3N2O3/c1-9-13(16(23)24-3)14(15(22-25-4)10(2)21-9)11-7-5-6-8-12(11)17(18,19)20/h5-8,14,21-22H,1-4H3/p+1/t14-/m0/s1. The minimum Gasteiger partial charge on any atom is -0.466 e. The lowest BCUT2D eigenvalue weighted by Crippen LogP contribution is -2.82. The van der Waals surface area contributed by atoms with Gasteiger partial charge in [-0.3, -0.25) is 0 Å². The minimum atomic E-state index is -4.55. The van der Waals surface area contributed by atoms with Crippen LogP contribution in [0.15, 0.2) is 46.9 Å². The Bertz CT molecular complexity index is 739. The summed E-state index contributed by atoms with van der Waals surface area (Å²) in [6, 6.07) is 5.20. The number of hydrogen-bond acceptors (Lipinski definition) is 4. The Hall–Kier alpha value is -2.32. The second kappa shape index (κ2) is 7.28. The number of nitrogens with two attached hydrogens (primary N) is 1. The number of ether oxygens (including phenoxy) is 1. The smallest absolute Gasteiger partial charge is 0.416 e. The van der Waals surface area contributed by atoms with E-state index in [1.807, 2.05) is 0 Å². The van der Waals surface area contributed by atoms with Crippen LogP contribution in [0.3, 0.4) is 0 Å². The Balaban J connectivity index is 2.75. The van der Waals surface area contributed by atoms with Gasteiger partial charge in [-0.25, -0.2) is 9.63 Å². The van der Waals surface area contributed by atoms with Gasteiger partial charge in [-0.1, -0.05) is 18.2 Å². The summed E-state index contributed by atoms with van der Waals surface area (Å²) in [5.74, 6) is -1.65. The molecule has 2 rings (SSSR count). The summed E-state index contributed by atoms with van der Waals surface area (Å²) in [6.45, 7) is 3.34. The summed E-state index contributed by atoms with van der Waals surface area (Å²) in [6.07, 6.45) is -4.55. The van der Waals surface area contributed by atoms with Crippen molar-refractivity contribution < 1.29 is 33.0 Å². The Morgan fingerprint density at radius 3 is 2.36 bits per heavy atom. The van der Waals surface area contributed by atoms with Crippen molar-refractivity contribution in [2.75, 3.05) is 14.2 Å². The van der Waals surface area contributed by atoms with Crippen molar-refractivity contribution in [2.24, 2.45) is 0 Å². The van der Waals surface area contributed by atoms with E-state index < -0.39 is 23.6 Å². The van der Waals surface area contributed by atoms with Crippen LogP contribution in [0.2, 0.25) is 0 Å². The van der Waals surface area contributed by atoms with Gasteiger partial charge in [0.15, 0.2) is 5.70 Å². The van der Waals surface area contributed by atoms with E-state index in [0.29, 0.717) is 17.1 Å². The Labute approximate surface area is 143 Å². The number of hydrogen-bond donors (Lipinski definition) is 2. The summed E-state index contributed by atoms with van der Waals surface area (Å²) in [5.41, 5.74) is 2.12. The second-order valence-electron chi connectivity index (χ2n) is 5.61. The molecule has 1 aromatic rings. The zero-order chi connectivity index (χ0) is 18.8. The van der Waals surface area contributed by atoms with Gasteiger partial charge in [-0.2, -0.15) is 18.7 Å². The molecule has 0 amide bonds. The lowest BCUT2D eigenvalue weighted by molar-refractivity contribution is -0.857. The van der Waals surface area contributed by atoms with E-state index in [0.717, 1.165) is 6.07 Å². The number of nitrogens with one attached hydrogen (secondary N) is 1. The molecule has 1 aliphatic rings. The van der Waals surface area contributed by atoms with E-state index in [-0.39, 0.29) is 11.1 Å². The van der Waals surface area contributed by atoms with Crippen molar-refractivity contribution in [3.8, 4) is 0 Å². The molecule has 136 valence electrons. The number of alkyl halides is 3. The normalized spacial score (nSPS) is 18.3. The highest BCUT2D eigenvalue weighted by molar-refractivity contribution is 5.92. The molecule has 1 aliphatic heterocycles. The van der Waals surface area contributed by atoms with Crippen molar-refractivity contribution in [2.45, 2.75) is 25.9 Å². The molecule has 0 saturated carbocycles. The first kappa shape index (κ1) is 19.0. The molecule has 0 spiro atoms. The van der Waals surface area contributed by atoms with Gasteiger partial charge in [0.05, 0.1) is 37.0 Å². The van der Waals surface area contributed by atoms with Crippen LogP contribution in [0.5, 0.6) is 0 Å². The number of dihydropyridines is 1. The zero-order valence-electron chi connectivity index (χ0n) is 14.3. The quantitative estimate of drug-likeness (QED) is 0.641. The minimum absolute atomic E-state index is 0.0288. The van der Waals surface area contributed by atoms with Crippen molar-refractivity contribution in [1.29, 1.82) is 0 Å². The summed E-state index contributed by atoms with van der Waals surface area (Å²) in [4.78, 5) is 17.3. The number of esters is 1. The van der Waals surface area contributed by atoms with Gasteiger partial charge in [-0.15, -0.1) is 0 Å². The fraction of sp³-hybridized carbons (Fsp3) is 0.353. The first-order valence-corrected chi connectivity index (χ1v) is 7.51.